The maximum absolute atomic E-state index is 3.93. The zero-order valence-corrected chi connectivity index (χ0v) is 14.8. The maximum atomic E-state index is 3.93. The molecule has 1 saturated carbocycles. The topological polar surface area (TPSA) is 27.3 Å². The second kappa shape index (κ2) is 8.27. The lowest BCUT2D eigenvalue weighted by Crippen LogP contribution is -2.48. The highest BCUT2D eigenvalue weighted by atomic mass is 15.1. The highest BCUT2D eigenvalue weighted by Crippen LogP contribution is 2.32. The van der Waals surface area contributed by atoms with Gasteiger partial charge in [-0.15, -0.1) is 0 Å². The minimum absolute atomic E-state index is 0.455. The van der Waals surface area contributed by atoms with Crippen LogP contribution in [0, 0.1) is 5.92 Å². The molecule has 4 atom stereocenters. The van der Waals surface area contributed by atoms with Crippen molar-refractivity contribution in [1.29, 1.82) is 0 Å². The summed E-state index contributed by atoms with van der Waals surface area (Å²) in [7, 11) is 4.38. The van der Waals surface area contributed by atoms with Gasteiger partial charge in [-0.25, -0.2) is 0 Å². The van der Waals surface area contributed by atoms with Crippen molar-refractivity contribution in [3.05, 3.63) is 35.9 Å². The minimum Gasteiger partial charge on any atom is -0.314 e. The van der Waals surface area contributed by atoms with Crippen LogP contribution in [-0.4, -0.2) is 44.2 Å². The lowest BCUT2D eigenvalue weighted by Gasteiger charge is -2.34. The van der Waals surface area contributed by atoms with Gasteiger partial charge in [0.15, 0.2) is 0 Å². The van der Waals surface area contributed by atoms with E-state index in [1.165, 1.54) is 50.6 Å². The van der Waals surface area contributed by atoms with Gasteiger partial charge < -0.3 is 15.5 Å². The second-order valence-electron chi connectivity index (χ2n) is 7.56. The zero-order chi connectivity index (χ0) is 16.1. The van der Waals surface area contributed by atoms with Crippen molar-refractivity contribution in [2.75, 3.05) is 27.2 Å². The van der Waals surface area contributed by atoms with Crippen molar-refractivity contribution in [2.24, 2.45) is 5.92 Å². The van der Waals surface area contributed by atoms with Crippen LogP contribution in [0.1, 0.15) is 50.1 Å². The van der Waals surface area contributed by atoms with Gasteiger partial charge in [0.2, 0.25) is 0 Å². The molecule has 2 N–H and O–H groups in total. The Bertz CT molecular complexity index is 453. The lowest BCUT2D eigenvalue weighted by atomic mass is 9.88. The Balaban J connectivity index is 1.59. The van der Waals surface area contributed by atoms with Gasteiger partial charge >= 0.3 is 0 Å². The molecule has 3 rings (SSSR count). The summed E-state index contributed by atoms with van der Waals surface area (Å²) in [6.07, 6.45) is 8.27. The number of piperidine rings is 1. The Labute approximate surface area is 141 Å². The van der Waals surface area contributed by atoms with Crippen LogP contribution in [0.25, 0.3) is 0 Å². The van der Waals surface area contributed by atoms with E-state index in [4.69, 9.17) is 0 Å². The fourth-order valence-electron chi connectivity index (χ4n) is 4.50. The molecule has 1 aliphatic carbocycles. The Morgan fingerprint density at radius 1 is 1.09 bits per heavy atom. The average Bonchev–Trinajstić information content (AvgIpc) is 3.05. The second-order valence-corrected chi connectivity index (χ2v) is 7.56. The molecule has 1 aromatic rings. The van der Waals surface area contributed by atoms with Gasteiger partial charge in [-0.3, -0.25) is 0 Å². The molecule has 2 aliphatic rings. The number of nitrogens with one attached hydrogen (secondary N) is 2. The van der Waals surface area contributed by atoms with Crippen LogP contribution in [0.3, 0.4) is 0 Å². The van der Waals surface area contributed by atoms with E-state index in [-0.39, 0.29) is 0 Å². The Morgan fingerprint density at radius 2 is 1.91 bits per heavy atom. The van der Waals surface area contributed by atoms with Gasteiger partial charge in [-0.2, -0.15) is 0 Å². The first-order chi connectivity index (χ1) is 11.3. The molecule has 1 aliphatic heterocycles. The molecule has 3 nitrogen and oxygen atoms in total. The normalized spacial score (nSPS) is 29.8. The zero-order valence-electron chi connectivity index (χ0n) is 14.8. The van der Waals surface area contributed by atoms with Gasteiger partial charge in [0.25, 0.3) is 0 Å². The molecule has 0 bridgehead atoms. The minimum atomic E-state index is 0.455. The molecule has 1 aromatic carbocycles. The van der Waals surface area contributed by atoms with Gasteiger partial charge in [-0.1, -0.05) is 43.2 Å². The van der Waals surface area contributed by atoms with Crippen LogP contribution in [0.4, 0.5) is 0 Å². The van der Waals surface area contributed by atoms with Crippen molar-refractivity contribution in [2.45, 2.75) is 56.7 Å². The maximum Gasteiger partial charge on any atom is 0.0466 e. The van der Waals surface area contributed by atoms with Crippen LogP contribution >= 0.6 is 0 Å². The van der Waals surface area contributed by atoms with E-state index in [2.05, 4.69) is 60.0 Å². The first kappa shape index (κ1) is 16.9. The standard InChI is InChI=1S/C20H33N3/c1-23(2)20(16-9-4-3-5-10-16)15-22-19-13-8-11-17(19)18-12-6-7-14-21-18/h3-5,9-10,17-22H,6-8,11-15H2,1-2H3. The summed E-state index contributed by atoms with van der Waals surface area (Å²) in [5.74, 6) is 0.828. The molecule has 0 spiro atoms. The number of likely N-dealkylation sites (N-methyl/N-ethyl adjacent to an activating group) is 1. The summed E-state index contributed by atoms with van der Waals surface area (Å²) in [4.78, 5) is 2.34. The quantitative estimate of drug-likeness (QED) is 0.844. The molecular weight excluding hydrogens is 282 g/mol. The highest BCUT2D eigenvalue weighted by molar-refractivity contribution is 5.19. The van der Waals surface area contributed by atoms with Crippen LogP contribution in [-0.2, 0) is 0 Å². The number of benzene rings is 1. The predicted octanol–water partition coefficient (Wildman–Crippen LogP) is 3.19. The monoisotopic (exact) mass is 315 g/mol. The van der Waals surface area contributed by atoms with E-state index in [1.54, 1.807) is 0 Å². The van der Waals surface area contributed by atoms with E-state index in [9.17, 15) is 0 Å². The summed E-state index contributed by atoms with van der Waals surface area (Å²) in [5.41, 5.74) is 1.41. The van der Waals surface area contributed by atoms with Crippen molar-refractivity contribution < 1.29 is 0 Å². The molecule has 4 unspecified atom stereocenters. The molecule has 3 heteroatoms. The smallest absolute Gasteiger partial charge is 0.0466 e. The van der Waals surface area contributed by atoms with Crippen LogP contribution in [0.5, 0.6) is 0 Å². The fraction of sp³-hybridized carbons (Fsp3) is 0.700. The van der Waals surface area contributed by atoms with Crippen molar-refractivity contribution in [3.8, 4) is 0 Å². The van der Waals surface area contributed by atoms with Crippen molar-refractivity contribution in [1.82, 2.24) is 15.5 Å². The fourth-order valence-corrected chi connectivity index (χ4v) is 4.50. The Hall–Kier alpha value is -0.900. The Morgan fingerprint density at radius 3 is 2.61 bits per heavy atom. The molecule has 1 heterocycles. The predicted molar refractivity (Wildman–Crippen MR) is 97.6 cm³/mol. The number of rotatable bonds is 6. The lowest BCUT2D eigenvalue weighted by molar-refractivity contribution is 0.232. The van der Waals surface area contributed by atoms with Crippen LogP contribution in [0.15, 0.2) is 30.3 Å². The summed E-state index contributed by atoms with van der Waals surface area (Å²) in [6.45, 7) is 2.27. The third-order valence-electron chi connectivity index (χ3n) is 5.82. The van der Waals surface area contributed by atoms with Crippen molar-refractivity contribution in [3.63, 3.8) is 0 Å². The molecule has 0 amide bonds. The SMILES string of the molecule is CN(C)C(CNC1CCCC1C1CCCCN1)c1ccccc1. The molecule has 0 aromatic heterocycles. The number of hydrogen-bond donors (Lipinski definition) is 2. The molecule has 1 saturated heterocycles. The van der Waals surface area contributed by atoms with E-state index in [0.29, 0.717) is 12.1 Å². The van der Waals surface area contributed by atoms with Crippen LogP contribution in [0.2, 0.25) is 0 Å². The van der Waals surface area contributed by atoms with Crippen molar-refractivity contribution >= 4 is 0 Å². The molecule has 2 fully saturated rings. The molecule has 128 valence electrons. The largest absolute Gasteiger partial charge is 0.314 e. The number of nitrogens with zero attached hydrogens (tertiary/aromatic N) is 1. The third kappa shape index (κ3) is 4.34. The molecular formula is C20H33N3. The van der Waals surface area contributed by atoms with Gasteiger partial charge in [0.1, 0.15) is 0 Å². The van der Waals surface area contributed by atoms with Crippen LogP contribution < -0.4 is 10.6 Å². The summed E-state index contributed by atoms with van der Waals surface area (Å²) in [5, 5.41) is 7.71. The first-order valence-electron chi connectivity index (χ1n) is 9.44. The third-order valence-corrected chi connectivity index (χ3v) is 5.82. The summed E-state index contributed by atoms with van der Waals surface area (Å²) in [6, 6.07) is 12.8. The van der Waals surface area contributed by atoms with E-state index < -0.39 is 0 Å². The number of hydrogen-bond acceptors (Lipinski definition) is 3. The highest BCUT2D eigenvalue weighted by Gasteiger charge is 2.34. The first-order valence-corrected chi connectivity index (χ1v) is 9.44. The van der Waals surface area contributed by atoms with E-state index >= 15 is 0 Å². The summed E-state index contributed by atoms with van der Waals surface area (Å²) >= 11 is 0. The van der Waals surface area contributed by atoms with Gasteiger partial charge in [-0.05, 0) is 57.8 Å². The molecule has 0 radical (unpaired) electrons. The summed E-state index contributed by atoms with van der Waals surface area (Å²) < 4.78 is 0. The van der Waals surface area contributed by atoms with E-state index in [0.717, 1.165) is 18.5 Å². The Kier molecular flexibility index (Phi) is 6.09. The van der Waals surface area contributed by atoms with E-state index in [1.807, 2.05) is 0 Å². The van der Waals surface area contributed by atoms with Gasteiger partial charge in [0, 0.05) is 24.7 Å². The van der Waals surface area contributed by atoms with Gasteiger partial charge in [0.05, 0.1) is 0 Å². The molecule has 23 heavy (non-hydrogen) atoms. The average molecular weight is 316 g/mol.